The standard InChI is InChI=1S/C40H31N3/c1-40(2)36-19-26-13-14-28(25-9-5-3-6-10-25)29-15-17-41-23-34(29)30(26)20-31(36)32-21-33-35-24-42-18-16-38(35)43(39(33)22-37(32)40)27-11-7-4-8-12-27/h3-12,15-24,28H,13-14H2,1-2H3. The van der Waals surface area contributed by atoms with Gasteiger partial charge in [-0.3, -0.25) is 9.97 Å². The van der Waals surface area contributed by atoms with Gasteiger partial charge in [0.25, 0.3) is 0 Å². The van der Waals surface area contributed by atoms with Crippen molar-refractivity contribution in [1.82, 2.24) is 14.5 Å². The summed E-state index contributed by atoms with van der Waals surface area (Å²) in [4.78, 5) is 9.17. The molecule has 3 heteroatoms. The zero-order chi connectivity index (χ0) is 28.7. The largest absolute Gasteiger partial charge is 0.309 e. The Labute approximate surface area is 251 Å². The summed E-state index contributed by atoms with van der Waals surface area (Å²) in [5.41, 5.74) is 15.8. The molecule has 0 spiro atoms. The normalized spacial score (nSPS) is 16.4. The third-order valence-corrected chi connectivity index (χ3v) is 10.0. The highest BCUT2D eigenvalue weighted by Crippen LogP contribution is 2.53. The van der Waals surface area contributed by atoms with E-state index in [0.29, 0.717) is 5.92 Å². The van der Waals surface area contributed by atoms with Crippen molar-refractivity contribution in [3.05, 3.63) is 150 Å². The molecule has 3 aromatic heterocycles. The van der Waals surface area contributed by atoms with E-state index < -0.39 is 0 Å². The molecule has 7 aromatic rings. The highest BCUT2D eigenvalue weighted by atomic mass is 15.0. The average molecular weight is 554 g/mol. The van der Waals surface area contributed by atoms with E-state index in [0.717, 1.165) is 12.8 Å². The molecule has 9 rings (SSSR count). The van der Waals surface area contributed by atoms with Crippen molar-refractivity contribution in [2.24, 2.45) is 0 Å². The number of pyridine rings is 2. The highest BCUT2D eigenvalue weighted by Gasteiger charge is 2.38. The summed E-state index contributed by atoms with van der Waals surface area (Å²) in [6.45, 7) is 4.79. The number of hydrogen-bond donors (Lipinski definition) is 0. The maximum Gasteiger partial charge on any atom is 0.0571 e. The SMILES string of the molecule is CC1(C)c2cc3c(cc2-c2cc4c5cnccc5n(-c5ccccc5)c4cc21)-c1cnccc1C(c1ccccc1)CC3. The van der Waals surface area contributed by atoms with E-state index in [1.807, 2.05) is 18.6 Å². The van der Waals surface area contributed by atoms with Crippen LogP contribution in [0, 0.1) is 0 Å². The van der Waals surface area contributed by atoms with Crippen molar-refractivity contribution in [2.45, 2.75) is 38.0 Å². The summed E-state index contributed by atoms with van der Waals surface area (Å²) >= 11 is 0. The zero-order valence-corrected chi connectivity index (χ0v) is 24.4. The fraction of sp³-hybridized carbons (Fsp3) is 0.150. The van der Waals surface area contributed by atoms with Gasteiger partial charge in [0, 0.05) is 58.1 Å². The van der Waals surface area contributed by atoms with Gasteiger partial charge in [0.15, 0.2) is 0 Å². The lowest BCUT2D eigenvalue weighted by molar-refractivity contribution is 0.658. The van der Waals surface area contributed by atoms with Crippen LogP contribution in [0.3, 0.4) is 0 Å². The predicted octanol–water partition coefficient (Wildman–Crippen LogP) is 9.63. The number of nitrogens with zero attached hydrogens (tertiary/aromatic N) is 3. The fourth-order valence-electron chi connectivity index (χ4n) is 7.91. The number of rotatable bonds is 2. The molecule has 2 aliphatic rings. The van der Waals surface area contributed by atoms with E-state index in [-0.39, 0.29) is 5.41 Å². The van der Waals surface area contributed by atoms with Crippen molar-refractivity contribution in [3.8, 4) is 27.9 Å². The van der Waals surface area contributed by atoms with E-state index in [2.05, 4.69) is 132 Å². The monoisotopic (exact) mass is 553 g/mol. The maximum absolute atomic E-state index is 4.63. The molecule has 0 bridgehead atoms. The molecule has 0 N–H and O–H groups in total. The lowest BCUT2D eigenvalue weighted by atomic mass is 9.81. The predicted molar refractivity (Wildman–Crippen MR) is 176 cm³/mol. The van der Waals surface area contributed by atoms with Crippen LogP contribution in [0.1, 0.15) is 54.0 Å². The number of benzene rings is 4. The molecule has 4 aromatic carbocycles. The van der Waals surface area contributed by atoms with Crippen LogP contribution in [-0.4, -0.2) is 14.5 Å². The molecule has 0 radical (unpaired) electrons. The summed E-state index contributed by atoms with van der Waals surface area (Å²) in [7, 11) is 0. The first-order chi connectivity index (χ1) is 21.1. The number of aryl methyl sites for hydroxylation is 1. The van der Waals surface area contributed by atoms with Crippen LogP contribution in [0.2, 0.25) is 0 Å². The molecule has 206 valence electrons. The Balaban J connectivity index is 1.29. The van der Waals surface area contributed by atoms with Gasteiger partial charge in [-0.2, -0.15) is 0 Å². The van der Waals surface area contributed by atoms with Gasteiger partial charge in [0.2, 0.25) is 0 Å². The molecule has 2 aliphatic carbocycles. The minimum Gasteiger partial charge on any atom is -0.309 e. The van der Waals surface area contributed by atoms with Crippen LogP contribution < -0.4 is 0 Å². The summed E-state index contributed by atoms with van der Waals surface area (Å²) in [5, 5.41) is 2.43. The van der Waals surface area contributed by atoms with Crippen molar-refractivity contribution in [2.75, 3.05) is 0 Å². The Kier molecular flexibility index (Phi) is 5.14. The Morgan fingerprint density at radius 1 is 0.651 bits per heavy atom. The third kappa shape index (κ3) is 3.48. The van der Waals surface area contributed by atoms with E-state index in [1.54, 1.807) is 0 Å². The van der Waals surface area contributed by atoms with Gasteiger partial charge in [-0.15, -0.1) is 0 Å². The van der Waals surface area contributed by atoms with Crippen LogP contribution in [0.4, 0.5) is 0 Å². The molecule has 0 aliphatic heterocycles. The Bertz CT molecular complexity index is 2210. The summed E-state index contributed by atoms with van der Waals surface area (Å²) < 4.78 is 2.40. The number of hydrogen-bond acceptors (Lipinski definition) is 2. The number of fused-ring (bicyclic) bond motifs is 9. The molecular formula is C40H31N3. The van der Waals surface area contributed by atoms with Crippen LogP contribution in [0.25, 0.3) is 49.7 Å². The first-order valence-electron chi connectivity index (χ1n) is 15.2. The Morgan fingerprint density at radius 2 is 1.37 bits per heavy atom. The maximum atomic E-state index is 4.63. The first-order valence-corrected chi connectivity index (χ1v) is 15.2. The molecular weight excluding hydrogens is 522 g/mol. The molecule has 0 saturated carbocycles. The van der Waals surface area contributed by atoms with Crippen molar-refractivity contribution >= 4 is 21.8 Å². The molecule has 0 saturated heterocycles. The summed E-state index contributed by atoms with van der Waals surface area (Å²) in [6, 6.07) is 35.9. The topological polar surface area (TPSA) is 30.7 Å². The number of para-hydroxylation sites is 1. The van der Waals surface area contributed by atoms with Crippen LogP contribution in [0.5, 0.6) is 0 Å². The van der Waals surface area contributed by atoms with Crippen LogP contribution >= 0.6 is 0 Å². The average Bonchev–Trinajstić information content (AvgIpc) is 3.41. The van der Waals surface area contributed by atoms with Gasteiger partial charge in [-0.05, 0) is 99.8 Å². The molecule has 43 heavy (non-hydrogen) atoms. The van der Waals surface area contributed by atoms with Gasteiger partial charge in [0.1, 0.15) is 0 Å². The molecule has 0 fully saturated rings. The Hall–Kier alpha value is -5.02. The number of aromatic nitrogens is 3. The summed E-state index contributed by atoms with van der Waals surface area (Å²) in [5.74, 6) is 0.359. The van der Waals surface area contributed by atoms with Gasteiger partial charge in [0.05, 0.1) is 11.0 Å². The van der Waals surface area contributed by atoms with Crippen LogP contribution in [0.15, 0.2) is 122 Å². The van der Waals surface area contributed by atoms with E-state index in [4.69, 9.17) is 0 Å². The smallest absolute Gasteiger partial charge is 0.0571 e. The van der Waals surface area contributed by atoms with E-state index >= 15 is 0 Å². The van der Waals surface area contributed by atoms with Gasteiger partial charge in [-0.1, -0.05) is 68.4 Å². The van der Waals surface area contributed by atoms with Crippen LogP contribution in [-0.2, 0) is 11.8 Å². The molecule has 1 unspecified atom stereocenters. The van der Waals surface area contributed by atoms with Gasteiger partial charge >= 0.3 is 0 Å². The molecule has 3 heterocycles. The van der Waals surface area contributed by atoms with Gasteiger partial charge in [-0.25, -0.2) is 0 Å². The van der Waals surface area contributed by atoms with Crippen molar-refractivity contribution < 1.29 is 0 Å². The van der Waals surface area contributed by atoms with Crippen molar-refractivity contribution in [3.63, 3.8) is 0 Å². The fourth-order valence-corrected chi connectivity index (χ4v) is 7.91. The van der Waals surface area contributed by atoms with Crippen molar-refractivity contribution in [1.29, 1.82) is 0 Å². The van der Waals surface area contributed by atoms with Gasteiger partial charge < -0.3 is 4.57 Å². The third-order valence-electron chi connectivity index (χ3n) is 10.0. The van der Waals surface area contributed by atoms with E-state index in [1.165, 1.54) is 77.6 Å². The minimum absolute atomic E-state index is 0.118. The van der Waals surface area contributed by atoms with E-state index in [9.17, 15) is 0 Å². The molecule has 0 amide bonds. The second-order valence-corrected chi connectivity index (χ2v) is 12.6. The minimum atomic E-state index is -0.118. The highest BCUT2D eigenvalue weighted by molar-refractivity contribution is 6.11. The Morgan fingerprint density at radius 3 is 2.21 bits per heavy atom. The lowest BCUT2D eigenvalue weighted by Crippen LogP contribution is -2.15. The summed E-state index contributed by atoms with van der Waals surface area (Å²) in [6.07, 6.45) is 10.1. The molecule has 1 atom stereocenters. The second-order valence-electron chi connectivity index (χ2n) is 12.6. The quantitative estimate of drug-likeness (QED) is 0.213. The first kappa shape index (κ1) is 24.6. The lowest BCUT2D eigenvalue weighted by Gasteiger charge is -2.23. The molecule has 3 nitrogen and oxygen atoms in total. The zero-order valence-electron chi connectivity index (χ0n) is 24.4. The second kappa shape index (κ2) is 8.99.